The Morgan fingerprint density at radius 3 is 2.50 bits per heavy atom. The van der Waals surface area contributed by atoms with Crippen molar-refractivity contribution < 1.29 is 0 Å². The Morgan fingerprint density at radius 2 is 1.80 bits per heavy atom. The molecule has 2 heterocycles. The average molecular weight is 407 g/mol. The quantitative estimate of drug-likeness (QED) is 0.447. The van der Waals surface area contributed by atoms with E-state index in [1.807, 2.05) is 19.2 Å². The van der Waals surface area contributed by atoms with E-state index in [-0.39, 0.29) is 6.04 Å². The summed E-state index contributed by atoms with van der Waals surface area (Å²) in [6, 6.07) is 13.5. The summed E-state index contributed by atoms with van der Waals surface area (Å²) in [6.07, 6.45) is 7.84. The fraction of sp³-hybridized carbons (Fsp3) is 0.409. The van der Waals surface area contributed by atoms with Gasteiger partial charge in [0, 0.05) is 31.4 Å². The molecule has 0 saturated heterocycles. The van der Waals surface area contributed by atoms with E-state index in [0.717, 1.165) is 36.9 Å². The van der Waals surface area contributed by atoms with E-state index in [9.17, 15) is 0 Å². The molecule has 2 aromatic heterocycles. The third-order valence-electron chi connectivity index (χ3n) is 5.78. The number of anilines is 2. The van der Waals surface area contributed by atoms with Crippen LogP contribution in [0.5, 0.6) is 0 Å². The first kappa shape index (κ1) is 20.3. The Bertz CT molecular complexity index is 947. The van der Waals surface area contributed by atoms with E-state index < -0.39 is 0 Å². The fourth-order valence-electron chi connectivity index (χ4n) is 3.86. The van der Waals surface area contributed by atoms with Gasteiger partial charge in [0.1, 0.15) is 5.82 Å². The molecular formula is C22H30N8. The zero-order valence-electron chi connectivity index (χ0n) is 17.5. The molecular weight excluding hydrogens is 376 g/mol. The van der Waals surface area contributed by atoms with E-state index >= 15 is 0 Å². The third kappa shape index (κ3) is 4.77. The molecule has 158 valence electrons. The maximum atomic E-state index is 6.08. The highest BCUT2D eigenvalue weighted by molar-refractivity contribution is 5.70. The highest BCUT2D eigenvalue weighted by Gasteiger charge is 2.22. The predicted octanol–water partition coefficient (Wildman–Crippen LogP) is 3.04. The maximum Gasteiger partial charge on any atom is 0.223 e. The van der Waals surface area contributed by atoms with Crippen LogP contribution in [-0.2, 0) is 7.05 Å². The maximum absolute atomic E-state index is 6.08. The summed E-state index contributed by atoms with van der Waals surface area (Å²) in [7, 11) is 1.82. The van der Waals surface area contributed by atoms with Crippen molar-refractivity contribution in [3.05, 3.63) is 54.4 Å². The van der Waals surface area contributed by atoms with Crippen LogP contribution in [0.15, 0.2) is 48.8 Å². The van der Waals surface area contributed by atoms with Gasteiger partial charge in [-0.1, -0.05) is 30.3 Å². The molecule has 1 unspecified atom stereocenters. The van der Waals surface area contributed by atoms with Crippen LogP contribution >= 0.6 is 0 Å². The van der Waals surface area contributed by atoms with E-state index in [1.165, 1.54) is 5.56 Å². The summed E-state index contributed by atoms with van der Waals surface area (Å²) < 4.78 is 1.64. The number of nitrogen functional groups attached to an aromatic ring is 1. The van der Waals surface area contributed by atoms with Crippen LogP contribution in [0.25, 0.3) is 11.3 Å². The number of benzene rings is 1. The van der Waals surface area contributed by atoms with Gasteiger partial charge in [0.2, 0.25) is 5.95 Å². The Balaban J connectivity index is 1.27. The lowest BCUT2D eigenvalue weighted by molar-refractivity contribution is 0.302. The molecule has 0 radical (unpaired) electrons. The number of hydrazine groups is 1. The minimum atomic E-state index is 0.276. The summed E-state index contributed by atoms with van der Waals surface area (Å²) in [4.78, 5) is 9.03. The number of nitrogens with zero attached hydrogens (tertiary/aromatic N) is 4. The summed E-state index contributed by atoms with van der Waals surface area (Å²) in [5.74, 6) is 1.24. The van der Waals surface area contributed by atoms with Crippen LogP contribution in [0, 0.1) is 0 Å². The molecule has 1 atom stereocenters. The molecule has 3 aromatic rings. The standard InChI is InChI=1S/C22H30N8/c1-15(16-6-4-3-5-7-16)28-29-18-10-8-17(9-11-18)26-22-24-13-12-20(27-22)19-14-25-30(2)21(19)23/h3-7,12-15,17-18,28-29H,8-11,23H2,1-2H3,(H,24,26,27). The number of nitrogens with two attached hydrogens (primary N) is 1. The molecule has 0 amide bonds. The number of hydrogen-bond donors (Lipinski definition) is 4. The molecule has 1 fully saturated rings. The fourth-order valence-corrected chi connectivity index (χ4v) is 3.86. The van der Waals surface area contributed by atoms with Gasteiger partial charge in [0.05, 0.1) is 17.5 Å². The van der Waals surface area contributed by atoms with Crippen molar-refractivity contribution in [3.63, 3.8) is 0 Å². The first-order valence-corrected chi connectivity index (χ1v) is 10.5. The number of aryl methyl sites for hydroxylation is 1. The van der Waals surface area contributed by atoms with Crippen molar-refractivity contribution in [1.29, 1.82) is 0 Å². The van der Waals surface area contributed by atoms with Crippen LogP contribution < -0.4 is 21.9 Å². The second kappa shape index (κ2) is 9.23. The highest BCUT2D eigenvalue weighted by atomic mass is 15.4. The average Bonchev–Trinajstić information content (AvgIpc) is 3.12. The van der Waals surface area contributed by atoms with Crippen LogP contribution in [0.1, 0.15) is 44.2 Å². The van der Waals surface area contributed by atoms with Crippen LogP contribution in [-0.4, -0.2) is 31.8 Å². The van der Waals surface area contributed by atoms with Crippen molar-refractivity contribution >= 4 is 11.8 Å². The van der Waals surface area contributed by atoms with Gasteiger partial charge in [-0.15, -0.1) is 0 Å². The molecule has 1 aromatic carbocycles. The van der Waals surface area contributed by atoms with Gasteiger partial charge in [0.25, 0.3) is 0 Å². The molecule has 1 aliphatic rings. The number of rotatable bonds is 7. The van der Waals surface area contributed by atoms with E-state index in [0.29, 0.717) is 23.8 Å². The Morgan fingerprint density at radius 1 is 1.07 bits per heavy atom. The van der Waals surface area contributed by atoms with Gasteiger partial charge in [0.15, 0.2) is 0 Å². The number of aromatic nitrogens is 4. The molecule has 30 heavy (non-hydrogen) atoms. The second-order valence-electron chi connectivity index (χ2n) is 7.95. The van der Waals surface area contributed by atoms with Gasteiger partial charge in [-0.3, -0.25) is 15.5 Å². The lowest BCUT2D eigenvalue weighted by Crippen LogP contribution is -2.45. The van der Waals surface area contributed by atoms with Crippen LogP contribution in [0.2, 0.25) is 0 Å². The van der Waals surface area contributed by atoms with Gasteiger partial charge in [-0.25, -0.2) is 9.97 Å². The van der Waals surface area contributed by atoms with Crippen molar-refractivity contribution in [1.82, 2.24) is 30.6 Å². The zero-order chi connectivity index (χ0) is 20.9. The van der Waals surface area contributed by atoms with Gasteiger partial charge >= 0.3 is 0 Å². The largest absolute Gasteiger partial charge is 0.383 e. The third-order valence-corrected chi connectivity index (χ3v) is 5.78. The molecule has 1 aliphatic carbocycles. The van der Waals surface area contributed by atoms with E-state index in [2.05, 4.69) is 62.4 Å². The Hall–Kier alpha value is -2.97. The lowest BCUT2D eigenvalue weighted by atomic mass is 9.91. The summed E-state index contributed by atoms with van der Waals surface area (Å²) in [5, 5.41) is 7.68. The zero-order valence-corrected chi connectivity index (χ0v) is 17.5. The smallest absolute Gasteiger partial charge is 0.223 e. The normalized spacial score (nSPS) is 20.1. The Labute approximate surface area is 177 Å². The van der Waals surface area contributed by atoms with Gasteiger partial charge < -0.3 is 11.1 Å². The molecule has 8 heteroatoms. The lowest BCUT2D eigenvalue weighted by Gasteiger charge is -2.31. The molecule has 8 nitrogen and oxygen atoms in total. The molecule has 0 bridgehead atoms. The minimum Gasteiger partial charge on any atom is -0.383 e. The first-order valence-electron chi connectivity index (χ1n) is 10.5. The number of hydrogen-bond acceptors (Lipinski definition) is 7. The SMILES string of the molecule is CC(NNC1CCC(Nc2nccc(-c3cnn(C)c3N)n2)CC1)c1ccccc1. The monoisotopic (exact) mass is 406 g/mol. The summed E-state index contributed by atoms with van der Waals surface area (Å²) >= 11 is 0. The van der Waals surface area contributed by atoms with Gasteiger partial charge in [-0.2, -0.15) is 5.10 Å². The van der Waals surface area contributed by atoms with E-state index in [1.54, 1.807) is 17.1 Å². The topological polar surface area (TPSA) is 106 Å². The van der Waals surface area contributed by atoms with Crippen molar-refractivity contribution in [3.8, 4) is 11.3 Å². The molecule has 1 saturated carbocycles. The first-order chi connectivity index (χ1) is 14.6. The van der Waals surface area contributed by atoms with Crippen LogP contribution in [0.4, 0.5) is 11.8 Å². The summed E-state index contributed by atoms with van der Waals surface area (Å²) in [6.45, 7) is 2.18. The highest BCUT2D eigenvalue weighted by Crippen LogP contribution is 2.25. The molecule has 0 aliphatic heterocycles. The van der Waals surface area contributed by atoms with Crippen molar-refractivity contribution in [2.24, 2.45) is 7.05 Å². The van der Waals surface area contributed by atoms with Crippen molar-refractivity contribution in [2.45, 2.75) is 50.7 Å². The molecule has 0 spiro atoms. The van der Waals surface area contributed by atoms with Crippen molar-refractivity contribution in [2.75, 3.05) is 11.1 Å². The number of nitrogens with one attached hydrogen (secondary N) is 3. The predicted molar refractivity (Wildman–Crippen MR) is 119 cm³/mol. The molecule has 4 rings (SSSR count). The Kier molecular flexibility index (Phi) is 6.25. The molecule has 5 N–H and O–H groups in total. The summed E-state index contributed by atoms with van der Waals surface area (Å²) in [5.41, 5.74) is 15.9. The minimum absolute atomic E-state index is 0.276. The van der Waals surface area contributed by atoms with E-state index in [4.69, 9.17) is 5.73 Å². The second-order valence-corrected chi connectivity index (χ2v) is 7.95. The van der Waals surface area contributed by atoms with Gasteiger partial charge in [-0.05, 0) is 44.2 Å². The van der Waals surface area contributed by atoms with Crippen LogP contribution in [0.3, 0.4) is 0 Å².